The Kier molecular flexibility index (Phi) is 4.22. The third-order valence-corrected chi connectivity index (χ3v) is 8.91. The van der Waals surface area contributed by atoms with Crippen LogP contribution in [0.25, 0.3) is 0 Å². The van der Waals surface area contributed by atoms with E-state index < -0.39 is 53.1 Å². The van der Waals surface area contributed by atoms with E-state index in [1.165, 1.54) is 6.92 Å². The van der Waals surface area contributed by atoms with Crippen LogP contribution in [0.2, 0.25) is 0 Å². The van der Waals surface area contributed by atoms with Crippen LogP contribution in [0.1, 0.15) is 53.4 Å². The van der Waals surface area contributed by atoms with Crippen molar-refractivity contribution in [1.29, 1.82) is 0 Å². The molecule has 9 atom stereocenters. The molecule has 0 saturated heterocycles. The molecule has 3 N–H and O–H groups in total. The Bertz CT molecular complexity index is 743. The maximum Gasteiger partial charge on any atom is 0.302 e. The van der Waals surface area contributed by atoms with Crippen molar-refractivity contribution in [3.05, 3.63) is 12.2 Å². The van der Waals surface area contributed by atoms with Gasteiger partial charge in [-0.3, -0.25) is 9.59 Å². The Morgan fingerprint density at radius 3 is 2.36 bits per heavy atom. The molecule has 0 aromatic rings. The smallest absolute Gasteiger partial charge is 0.302 e. The standard InChI is InChI=1S/C22H32O6/c1-10-17-12(28-11(2)23)8-14-21(5)13(20(3,4)7-6-15(21)24)9-16(25)22(14,18(10)26)19(17)27/h12-17,19,24-25,27H,1,6-9H2,2-5H3/t12-,13+,14-,15-,16+,17+,19+,21+,22-/m0/s1. The first-order chi connectivity index (χ1) is 12.9. The molecule has 0 radical (unpaired) electrons. The quantitative estimate of drug-likeness (QED) is 0.463. The third-order valence-electron chi connectivity index (χ3n) is 8.91. The summed E-state index contributed by atoms with van der Waals surface area (Å²) in [5.74, 6) is -2.01. The van der Waals surface area contributed by atoms with Crippen LogP contribution in [0.3, 0.4) is 0 Å². The van der Waals surface area contributed by atoms with Crippen molar-refractivity contribution < 1.29 is 29.6 Å². The van der Waals surface area contributed by atoms with Crippen LogP contribution in [0, 0.1) is 34.0 Å². The van der Waals surface area contributed by atoms with E-state index in [0.29, 0.717) is 19.3 Å². The van der Waals surface area contributed by atoms with Crippen LogP contribution >= 0.6 is 0 Å². The molecular formula is C22H32O6. The summed E-state index contributed by atoms with van der Waals surface area (Å²) in [5, 5.41) is 33.7. The van der Waals surface area contributed by atoms with Gasteiger partial charge < -0.3 is 20.1 Å². The molecule has 4 aliphatic carbocycles. The first kappa shape index (κ1) is 20.0. The zero-order chi connectivity index (χ0) is 20.8. The summed E-state index contributed by atoms with van der Waals surface area (Å²) in [5.41, 5.74) is -1.94. The van der Waals surface area contributed by atoms with Gasteiger partial charge in [0, 0.05) is 12.3 Å². The molecule has 4 aliphatic rings. The number of aliphatic hydroxyl groups is 3. The molecule has 28 heavy (non-hydrogen) atoms. The summed E-state index contributed by atoms with van der Waals surface area (Å²) in [6.45, 7) is 11.5. The third kappa shape index (κ3) is 2.14. The zero-order valence-corrected chi connectivity index (χ0v) is 17.1. The average Bonchev–Trinajstić information content (AvgIpc) is 2.72. The number of Topliss-reactive ketones (excluding diaryl/α,β-unsaturated/α-hetero) is 1. The molecule has 1 spiro atoms. The van der Waals surface area contributed by atoms with Gasteiger partial charge >= 0.3 is 5.97 Å². The van der Waals surface area contributed by atoms with Gasteiger partial charge in [-0.25, -0.2) is 0 Å². The molecule has 0 aromatic carbocycles. The lowest BCUT2D eigenvalue weighted by Gasteiger charge is -2.66. The van der Waals surface area contributed by atoms with E-state index in [4.69, 9.17) is 4.74 Å². The van der Waals surface area contributed by atoms with Crippen LogP contribution in [0.15, 0.2) is 12.2 Å². The van der Waals surface area contributed by atoms with Gasteiger partial charge in [0.1, 0.15) is 6.10 Å². The first-order valence-corrected chi connectivity index (χ1v) is 10.3. The second-order valence-corrected chi connectivity index (χ2v) is 10.4. The molecule has 156 valence electrons. The molecule has 0 heterocycles. The lowest BCUT2D eigenvalue weighted by Crippen LogP contribution is -2.71. The number of carbonyl (C=O) groups excluding carboxylic acids is 2. The van der Waals surface area contributed by atoms with Crippen molar-refractivity contribution in [1.82, 2.24) is 0 Å². The van der Waals surface area contributed by atoms with Crippen LogP contribution in [-0.4, -0.2) is 51.5 Å². The minimum Gasteiger partial charge on any atom is -0.462 e. The molecule has 0 aromatic heterocycles. The summed E-state index contributed by atoms with van der Waals surface area (Å²) in [6, 6.07) is 0. The minimum absolute atomic E-state index is 0.0160. The number of rotatable bonds is 1. The highest BCUT2D eigenvalue weighted by Gasteiger charge is 2.77. The van der Waals surface area contributed by atoms with Gasteiger partial charge in [-0.15, -0.1) is 0 Å². The fourth-order valence-electron chi connectivity index (χ4n) is 7.64. The van der Waals surface area contributed by atoms with E-state index in [0.717, 1.165) is 6.42 Å². The van der Waals surface area contributed by atoms with Crippen LogP contribution < -0.4 is 0 Å². The van der Waals surface area contributed by atoms with Crippen molar-refractivity contribution in [2.45, 2.75) is 77.8 Å². The maximum atomic E-state index is 13.4. The van der Waals surface area contributed by atoms with Gasteiger partial charge in [0.25, 0.3) is 0 Å². The SMILES string of the molecule is C=C1C(=O)[C@@]23[C@H](O)C[C@@H]4C(C)(C)CC[C@H](O)[C@@]4(C)[C@@H]2C[C@H](OC(C)=O)[C@@H]1[C@H]3O. The first-order valence-electron chi connectivity index (χ1n) is 10.3. The van der Waals surface area contributed by atoms with Gasteiger partial charge in [-0.1, -0.05) is 27.4 Å². The largest absolute Gasteiger partial charge is 0.462 e. The highest BCUT2D eigenvalue weighted by molar-refractivity contribution is 6.04. The second kappa shape index (κ2) is 5.89. The van der Waals surface area contributed by atoms with Crippen molar-refractivity contribution in [2.75, 3.05) is 0 Å². The molecule has 2 bridgehead atoms. The van der Waals surface area contributed by atoms with E-state index in [-0.39, 0.29) is 22.7 Å². The van der Waals surface area contributed by atoms with E-state index in [1.54, 1.807) is 0 Å². The molecule has 0 aliphatic heterocycles. The second-order valence-electron chi connectivity index (χ2n) is 10.4. The highest BCUT2D eigenvalue weighted by Crippen LogP contribution is 2.71. The van der Waals surface area contributed by atoms with Crippen molar-refractivity contribution in [2.24, 2.45) is 34.0 Å². The number of ether oxygens (including phenoxy) is 1. The van der Waals surface area contributed by atoms with Gasteiger partial charge in [0.05, 0.1) is 29.6 Å². The maximum absolute atomic E-state index is 13.4. The zero-order valence-electron chi connectivity index (χ0n) is 17.1. The Balaban J connectivity index is 1.91. The minimum atomic E-state index is -1.38. The molecule has 4 rings (SSSR count). The lowest BCUT2D eigenvalue weighted by atomic mass is 9.39. The lowest BCUT2D eigenvalue weighted by molar-refractivity contribution is -0.263. The highest BCUT2D eigenvalue weighted by atomic mass is 16.5. The van der Waals surface area contributed by atoms with Crippen LogP contribution in [0.4, 0.5) is 0 Å². The Morgan fingerprint density at radius 1 is 1.11 bits per heavy atom. The molecular weight excluding hydrogens is 360 g/mol. The number of hydrogen-bond acceptors (Lipinski definition) is 6. The molecule has 6 nitrogen and oxygen atoms in total. The summed E-state index contributed by atoms with van der Waals surface area (Å²) in [6.07, 6.45) is -1.37. The summed E-state index contributed by atoms with van der Waals surface area (Å²) >= 11 is 0. The van der Waals surface area contributed by atoms with Crippen LogP contribution in [0.5, 0.6) is 0 Å². The fourth-order valence-corrected chi connectivity index (χ4v) is 7.64. The molecule has 0 amide bonds. The Hall–Kier alpha value is -1.24. The Labute approximate surface area is 166 Å². The average molecular weight is 392 g/mol. The number of carbonyl (C=O) groups is 2. The topological polar surface area (TPSA) is 104 Å². The van der Waals surface area contributed by atoms with Crippen molar-refractivity contribution in [3.63, 3.8) is 0 Å². The van der Waals surface area contributed by atoms with Gasteiger partial charge in [0.2, 0.25) is 0 Å². The van der Waals surface area contributed by atoms with Crippen molar-refractivity contribution in [3.8, 4) is 0 Å². The van der Waals surface area contributed by atoms with E-state index in [1.807, 2.05) is 6.92 Å². The van der Waals surface area contributed by atoms with E-state index in [9.17, 15) is 24.9 Å². The number of hydrogen-bond donors (Lipinski definition) is 3. The molecule has 0 unspecified atom stereocenters. The fraction of sp³-hybridized carbons (Fsp3) is 0.818. The number of esters is 1. The summed E-state index contributed by atoms with van der Waals surface area (Å²) in [4.78, 5) is 25.2. The summed E-state index contributed by atoms with van der Waals surface area (Å²) < 4.78 is 5.53. The van der Waals surface area contributed by atoms with Gasteiger partial charge in [-0.2, -0.15) is 0 Å². The van der Waals surface area contributed by atoms with Gasteiger partial charge in [-0.05, 0) is 48.5 Å². The normalized spacial score (nSPS) is 52.0. The molecule has 4 saturated carbocycles. The predicted molar refractivity (Wildman–Crippen MR) is 101 cm³/mol. The van der Waals surface area contributed by atoms with E-state index in [2.05, 4.69) is 20.4 Å². The summed E-state index contributed by atoms with van der Waals surface area (Å²) in [7, 11) is 0. The van der Waals surface area contributed by atoms with E-state index >= 15 is 0 Å². The molecule has 4 fully saturated rings. The number of ketones is 1. The number of aliphatic hydroxyl groups excluding tert-OH is 3. The van der Waals surface area contributed by atoms with Gasteiger partial charge in [0.15, 0.2) is 5.78 Å². The number of fused-ring (bicyclic) bond motifs is 3. The predicted octanol–water partition coefficient (Wildman–Crippen LogP) is 1.61. The van der Waals surface area contributed by atoms with Crippen molar-refractivity contribution >= 4 is 11.8 Å². The van der Waals surface area contributed by atoms with Crippen LogP contribution in [-0.2, 0) is 14.3 Å². The molecule has 6 heteroatoms. The monoisotopic (exact) mass is 392 g/mol. The Morgan fingerprint density at radius 2 is 1.75 bits per heavy atom.